The number of rotatable bonds is 3. The van der Waals surface area contributed by atoms with Gasteiger partial charge in [0, 0.05) is 12.3 Å². The number of phenolic OH excluding ortho intramolecular Hbond substituents is 1. The van der Waals surface area contributed by atoms with Gasteiger partial charge in [0.15, 0.2) is 11.3 Å². The Kier molecular flexibility index (Phi) is 3.61. The number of hydrogen-bond acceptors (Lipinski definition) is 3. The molecule has 1 fully saturated rings. The van der Waals surface area contributed by atoms with Gasteiger partial charge in [0.25, 0.3) is 0 Å². The topological polar surface area (TPSA) is 82.2 Å². The molecule has 1 amide bonds. The van der Waals surface area contributed by atoms with Crippen LogP contribution in [0.4, 0.5) is 4.39 Å². The standard InChI is InChI=1S/C18H15FN4O3/c1-2-15(25)21-8-11(9-21)23-10-20-16-13(23)6-7-22(18(16)26)17-12(19)4-3-5-14(17)24/h2-7,10-11,24H,1,8-9H2/p+1. The van der Waals surface area contributed by atoms with E-state index in [4.69, 9.17) is 0 Å². The maximum atomic E-state index is 14.1. The van der Waals surface area contributed by atoms with E-state index in [0.717, 1.165) is 4.57 Å². The Morgan fingerprint density at radius 3 is 2.85 bits per heavy atom. The van der Waals surface area contributed by atoms with E-state index < -0.39 is 11.4 Å². The highest BCUT2D eigenvalue weighted by Gasteiger charge is 2.35. The van der Waals surface area contributed by atoms with Gasteiger partial charge in [-0.1, -0.05) is 12.6 Å². The minimum absolute atomic E-state index is 0.0461. The third-order valence-corrected chi connectivity index (χ3v) is 4.64. The molecule has 1 aromatic carbocycles. The molecule has 3 heterocycles. The van der Waals surface area contributed by atoms with Crippen LogP contribution in [0.25, 0.3) is 16.7 Å². The van der Waals surface area contributed by atoms with Crippen molar-refractivity contribution in [3.63, 3.8) is 0 Å². The van der Waals surface area contributed by atoms with Crippen molar-refractivity contribution in [2.24, 2.45) is 0 Å². The molecular weight excluding hydrogens is 339 g/mol. The van der Waals surface area contributed by atoms with E-state index in [9.17, 15) is 19.1 Å². The highest BCUT2D eigenvalue weighted by Crippen LogP contribution is 2.24. The van der Waals surface area contributed by atoms with Gasteiger partial charge in [-0.15, -0.1) is 0 Å². The van der Waals surface area contributed by atoms with Crippen molar-refractivity contribution in [3.05, 3.63) is 65.6 Å². The summed E-state index contributed by atoms with van der Waals surface area (Å²) in [5.41, 5.74) is 0.286. The van der Waals surface area contributed by atoms with Crippen LogP contribution in [0.3, 0.4) is 0 Å². The number of carbonyl (C=O) groups is 1. The Morgan fingerprint density at radius 2 is 2.15 bits per heavy atom. The first kappa shape index (κ1) is 16.1. The average molecular weight is 355 g/mol. The molecule has 0 spiro atoms. The quantitative estimate of drug-likeness (QED) is 0.544. The monoisotopic (exact) mass is 355 g/mol. The molecule has 0 radical (unpaired) electrons. The lowest BCUT2D eigenvalue weighted by Gasteiger charge is -2.36. The highest BCUT2D eigenvalue weighted by atomic mass is 19.1. The van der Waals surface area contributed by atoms with Gasteiger partial charge in [-0.2, -0.15) is 0 Å². The fraction of sp³-hybridized carbons (Fsp3) is 0.167. The van der Waals surface area contributed by atoms with Crippen LogP contribution >= 0.6 is 0 Å². The van der Waals surface area contributed by atoms with E-state index in [1.807, 2.05) is 4.57 Å². The number of fused-ring (bicyclic) bond motifs is 1. The van der Waals surface area contributed by atoms with Crippen LogP contribution in [0, 0.1) is 5.82 Å². The number of H-pyrrole nitrogens is 1. The molecule has 26 heavy (non-hydrogen) atoms. The van der Waals surface area contributed by atoms with E-state index in [-0.39, 0.29) is 23.4 Å². The Morgan fingerprint density at radius 1 is 1.38 bits per heavy atom. The average Bonchev–Trinajstić information content (AvgIpc) is 2.99. The molecule has 0 bridgehead atoms. The first-order valence-electron chi connectivity index (χ1n) is 8.04. The highest BCUT2D eigenvalue weighted by molar-refractivity contribution is 5.87. The summed E-state index contributed by atoms with van der Waals surface area (Å²) in [6.07, 6.45) is 4.37. The molecule has 4 rings (SSSR count). The fourth-order valence-electron chi connectivity index (χ4n) is 3.24. The zero-order valence-electron chi connectivity index (χ0n) is 13.7. The van der Waals surface area contributed by atoms with Gasteiger partial charge in [-0.25, -0.2) is 13.9 Å². The van der Waals surface area contributed by atoms with Crippen molar-refractivity contribution in [2.75, 3.05) is 13.1 Å². The Hall–Kier alpha value is -3.42. The number of aromatic nitrogens is 3. The molecule has 7 nitrogen and oxygen atoms in total. The number of imidazole rings is 1. The molecule has 2 aromatic heterocycles. The van der Waals surface area contributed by atoms with Crippen molar-refractivity contribution in [1.82, 2.24) is 14.5 Å². The van der Waals surface area contributed by atoms with Crippen LogP contribution in [0.5, 0.6) is 5.75 Å². The van der Waals surface area contributed by atoms with Crippen LogP contribution in [0.1, 0.15) is 6.04 Å². The molecule has 0 aliphatic carbocycles. The number of hydrogen-bond donors (Lipinski definition) is 2. The third kappa shape index (κ3) is 2.30. The predicted octanol–water partition coefficient (Wildman–Crippen LogP) is 1.02. The first-order valence-corrected chi connectivity index (χ1v) is 8.04. The van der Waals surface area contributed by atoms with Crippen molar-refractivity contribution in [2.45, 2.75) is 6.04 Å². The molecular formula is C18H16FN4O3+. The second-order valence-electron chi connectivity index (χ2n) is 6.14. The van der Waals surface area contributed by atoms with Crippen LogP contribution in [-0.2, 0) is 4.79 Å². The molecule has 1 aliphatic rings. The number of benzene rings is 1. The fourth-order valence-corrected chi connectivity index (χ4v) is 3.24. The molecule has 0 atom stereocenters. The smallest absolute Gasteiger partial charge is 0.306 e. The largest absolute Gasteiger partial charge is 0.506 e. The minimum Gasteiger partial charge on any atom is -0.506 e. The summed E-state index contributed by atoms with van der Waals surface area (Å²) < 4.78 is 17.0. The lowest BCUT2D eigenvalue weighted by atomic mass is 10.1. The minimum atomic E-state index is -0.691. The van der Waals surface area contributed by atoms with E-state index in [0.29, 0.717) is 24.1 Å². The normalized spacial score (nSPS) is 14.4. The summed E-state index contributed by atoms with van der Waals surface area (Å²) >= 11 is 0. The summed E-state index contributed by atoms with van der Waals surface area (Å²) in [4.78, 5) is 28.9. The van der Waals surface area contributed by atoms with Crippen molar-refractivity contribution in [1.29, 1.82) is 0 Å². The van der Waals surface area contributed by atoms with E-state index >= 15 is 0 Å². The number of nitrogens with zero attached hydrogens (tertiary/aromatic N) is 3. The maximum absolute atomic E-state index is 14.1. The van der Waals surface area contributed by atoms with Gasteiger partial charge >= 0.3 is 5.56 Å². The molecule has 0 unspecified atom stereocenters. The number of pyridine rings is 1. The van der Waals surface area contributed by atoms with Gasteiger partial charge in [-0.05, 0) is 18.2 Å². The number of likely N-dealkylation sites (tertiary alicyclic amines) is 1. The van der Waals surface area contributed by atoms with E-state index in [2.05, 4.69) is 11.6 Å². The summed E-state index contributed by atoms with van der Waals surface area (Å²) in [6, 6.07) is 5.60. The van der Waals surface area contributed by atoms with Gasteiger partial charge < -0.3 is 10.0 Å². The number of aromatic hydroxyl groups is 1. The number of phenols is 1. The number of aromatic amines is 1. The number of nitrogens with one attached hydrogen (secondary N) is 1. The maximum Gasteiger partial charge on any atom is 0.306 e. The number of carbonyl (C=O) groups excluding carboxylic acids is 1. The summed E-state index contributed by atoms with van der Waals surface area (Å²) in [6.45, 7) is 4.52. The molecule has 1 aliphatic heterocycles. The van der Waals surface area contributed by atoms with Gasteiger partial charge in [0.1, 0.15) is 17.5 Å². The zero-order valence-corrected chi connectivity index (χ0v) is 13.7. The predicted molar refractivity (Wildman–Crippen MR) is 91.5 cm³/mol. The Balaban J connectivity index is 1.74. The number of halogens is 1. The molecule has 8 heteroatoms. The molecule has 1 saturated heterocycles. The van der Waals surface area contributed by atoms with Crippen LogP contribution in [-0.4, -0.2) is 38.6 Å². The molecule has 2 N–H and O–H groups in total. The summed E-state index contributed by atoms with van der Waals surface area (Å²) in [5.74, 6) is -1.13. The lowest BCUT2D eigenvalue weighted by molar-refractivity contribution is -0.708. The Bertz CT molecular complexity index is 1080. The van der Waals surface area contributed by atoms with Crippen LogP contribution in [0.2, 0.25) is 0 Å². The zero-order chi connectivity index (χ0) is 18.4. The Labute approximate surface area is 147 Å². The number of para-hydroxylation sites is 1. The van der Waals surface area contributed by atoms with Crippen molar-refractivity contribution < 1.29 is 18.9 Å². The van der Waals surface area contributed by atoms with E-state index in [1.165, 1.54) is 30.5 Å². The molecule has 3 aromatic rings. The lowest BCUT2D eigenvalue weighted by Crippen LogP contribution is -2.59. The second-order valence-corrected chi connectivity index (χ2v) is 6.14. The van der Waals surface area contributed by atoms with Gasteiger partial charge in [-0.3, -0.25) is 14.2 Å². The second kappa shape index (κ2) is 5.83. The van der Waals surface area contributed by atoms with Gasteiger partial charge in [0.2, 0.25) is 17.8 Å². The van der Waals surface area contributed by atoms with Crippen molar-refractivity contribution in [3.8, 4) is 11.4 Å². The van der Waals surface area contributed by atoms with Gasteiger partial charge in [0.05, 0.1) is 13.1 Å². The van der Waals surface area contributed by atoms with E-state index in [1.54, 1.807) is 17.3 Å². The summed E-state index contributed by atoms with van der Waals surface area (Å²) in [5, 5.41) is 9.93. The molecule has 132 valence electrons. The first-order chi connectivity index (χ1) is 12.5. The summed E-state index contributed by atoms with van der Waals surface area (Å²) in [7, 11) is 0. The van der Waals surface area contributed by atoms with Crippen LogP contribution in [0.15, 0.2) is 54.2 Å². The SMILES string of the molecule is C=CC(=O)N1CC([n+]2c[nH]c3c(=O)n(-c4c(O)cccc4F)ccc32)C1. The number of amides is 1. The third-order valence-electron chi connectivity index (χ3n) is 4.64. The van der Waals surface area contributed by atoms with Crippen molar-refractivity contribution >= 4 is 16.9 Å². The van der Waals surface area contributed by atoms with Crippen LogP contribution < -0.4 is 10.1 Å². The molecule has 0 saturated carbocycles.